The predicted molar refractivity (Wildman–Crippen MR) is 114 cm³/mol. The number of hydroxylamine groups is 4. The fourth-order valence-electron chi connectivity index (χ4n) is 4.63. The number of hydrogen-bond donors (Lipinski definition) is 0. The molecule has 181 valence electrons. The van der Waals surface area contributed by atoms with Gasteiger partial charge in [-0.05, 0) is 24.8 Å². The van der Waals surface area contributed by atoms with Gasteiger partial charge < -0.3 is 17.4 Å². The van der Waals surface area contributed by atoms with E-state index in [4.69, 9.17) is 0 Å². The summed E-state index contributed by atoms with van der Waals surface area (Å²) in [6.07, 6.45) is 14.1. The third kappa shape index (κ3) is 18.4. The average molecular weight is 836 g/mol. The summed E-state index contributed by atoms with van der Waals surface area (Å²) in [6, 6.07) is 2.43. The van der Waals surface area contributed by atoms with Crippen molar-refractivity contribution >= 4 is 0 Å². The van der Waals surface area contributed by atoms with Crippen molar-refractivity contribution in [3.8, 4) is 0 Å². The molecule has 0 unspecified atom stereocenters. The van der Waals surface area contributed by atoms with E-state index in [1.807, 2.05) is 13.8 Å². The van der Waals surface area contributed by atoms with E-state index >= 15 is 0 Å². The monoisotopic (exact) mass is 836 g/mol. The molecular formula is C24H43N2O2Y5-5. The Morgan fingerprint density at radius 2 is 1.15 bits per heavy atom. The maximum atomic E-state index is 12.2. The molecule has 9 heteroatoms. The molecule has 1 spiro atoms. The third-order valence-corrected chi connectivity index (χ3v) is 6.23. The van der Waals surface area contributed by atoms with Gasteiger partial charge in [0.2, 0.25) is 0 Å². The van der Waals surface area contributed by atoms with E-state index in [0.29, 0.717) is 5.41 Å². The summed E-state index contributed by atoms with van der Waals surface area (Å²) >= 11 is 0. The van der Waals surface area contributed by atoms with Gasteiger partial charge in [0.1, 0.15) is 0 Å². The summed E-state index contributed by atoms with van der Waals surface area (Å²) in [7, 11) is 0. The molecule has 0 bridgehead atoms. The van der Waals surface area contributed by atoms with Gasteiger partial charge in [0.25, 0.3) is 0 Å². The third-order valence-electron chi connectivity index (χ3n) is 6.23. The standard InChI is InChI=1S/C18H31NO.C6H12NO.5Y/c1-15(2)19(20)17(3,4)14-16-8-12-18(13-9-16)10-6-5-7-11-18;1-5(2)7(8)6(3)4;;;;;/h5H,6-14H2,1-4H3;1-4H3;;;;;/q-3;-2;;;;;. The van der Waals surface area contributed by atoms with Gasteiger partial charge in [-0.25, -0.2) is 6.04 Å². The Kier molecular flexibility index (Phi) is 35.0. The Morgan fingerprint density at radius 1 is 0.758 bits per heavy atom. The first kappa shape index (κ1) is 48.1. The second-order valence-corrected chi connectivity index (χ2v) is 10.0. The van der Waals surface area contributed by atoms with Gasteiger partial charge in [-0.2, -0.15) is 84.1 Å². The van der Waals surface area contributed by atoms with Crippen molar-refractivity contribution in [2.24, 2.45) is 5.41 Å². The van der Waals surface area contributed by atoms with Crippen molar-refractivity contribution in [3.05, 3.63) is 30.5 Å². The van der Waals surface area contributed by atoms with Crippen LogP contribution in [-0.4, -0.2) is 15.7 Å². The molecule has 0 saturated heterocycles. The Bertz CT molecular complexity index is 431. The summed E-state index contributed by atoms with van der Waals surface area (Å²) in [5, 5.41) is 25.0. The first-order valence-electron chi connectivity index (χ1n) is 10.9. The molecule has 0 aromatic carbocycles. The summed E-state index contributed by atoms with van der Waals surface area (Å²) in [6.45, 7) is 15.2. The van der Waals surface area contributed by atoms with Crippen molar-refractivity contribution < 1.29 is 174 Å². The molecule has 2 aliphatic carbocycles. The number of nitrogens with zero attached hydrogens (tertiary/aromatic N) is 2. The molecule has 0 N–H and O–H groups in total. The van der Waals surface area contributed by atoms with Crippen LogP contribution in [0.5, 0.6) is 0 Å². The Morgan fingerprint density at radius 3 is 1.45 bits per heavy atom. The minimum atomic E-state index is -0.279. The molecule has 7 radical (unpaired) electrons. The average Bonchev–Trinajstić information content (AvgIpc) is 2.63. The molecule has 2 aliphatic rings. The fourth-order valence-corrected chi connectivity index (χ4v) is 4.63. The van der Waals surface area contributed by atoms with Crippen LogP contribution in [0.4, 0.5) is 0 Å². The van der Waals surface area contributed by atoms with Crippen LogP contribution in [0.2, 0.25) is 0 Å². The van der Waals surface area contributed by atoms with Crippen molar-refractivity contribution in [2.45, 2.75) is 119 Å². The van der Waals surface area contributed by atoms with Crippen LogP contribution in [0, 0.1) is 35.9 Å². The largest absolute Gasteiger partial charge is 0.448 e. The van der Waals surface area contributed by atoms with Crippen LogP contribution in [0.25, 0.3) is 0 Å². The molecule has 0 atom stereocenters. The van der Waals surface area contributed by atoms with Crippen molar-refractivity contribution in [3.63, 3.8) is 0 Å². The van der Waals surface area contributed by atoms with E-state index in [9.17, 15) is 10.4 Å². The second kappa shape index (κ2) is 24.0. The van der Waals surface area contributed by atoms with E-state index in [2.05, 4.69) is 20.3 Å². The normalized spacial score (nSPS) is 17.9. The maximum Gasteiger partial charge on any atom is 0 e. The van der Waals surface area contributed by atoms with Gasteiger partial charge in [0.05, 0.1) is 0 Å². The smallest absolute Gasteiger partial charge is 0 e. The zero-order valence-electron chi connectivity index (χ0n) is 22.5. The van der Waals surface area contributed by atoms with Crippen LogP contribution in [0.1, 0.15) is 113 Å². The van der Waals surface area contributed by atoms with Crippen molar-refractivity contribution in [1.29, 1.82) is 0 Å². The van der Waals surface area contributed by atoms with E-state index < -0.39 is 0 Å². The van der Waals surface area contributed by atoms with Crippen LogP contribution < -0.4 is 0 Å². The first-order chi connectivity index (χ1) is 12.9. The zero-order valence-corrected chi connectivity index (χ0v) is 36.7. The van der Waals surface area contributed by atoms with E-state index in [0.717, 1.165) is 29.6 Å². The first-order valence-corrected chi connectivity index (χ1v) is 10.9. The summed E-state index contributed by atoms with van der Waals surface area (Å²) < 4.78 is 0. The van der Waals surface area contributed by atoms with Crippen LogP contribution in [0.3, 0.4) is 0 Å². The predicted octanol–water partition coefficient (Wildman–Crippen LogP) is 7.05. The zero-order chi connectivity index (χ0) is 21.5. The van der Waals surface area contributed by atoms with Crippen LogP contribution in [-0.2, 0) is 174 Å². The summed E-state index contributed by atoms with van der Waals surface area (Å²) in [5.41, 5.74) is 0.366. The summed E-state index contributed by atoms with van der Waals surface area (Å²) in [5.74, 6) is 1.62. The number of hydrogen-bond acceptors (Lipinski definition) is 2. The SMILES string of the molecule is C[C-](C)N([O])C(C)(C)C[C-]1CCC2(CC[CH-]CC2)CC1.C[C-](C)N([O])[C-](C)C.[Y].[Y].[Y].[Y].[Y]. The molecule has 0 aliphatic heterocycles. The molecular weight excluding hydrogens is 793 g/mol. The summed E-state index contributed by atoms with van der Waals surface area (Å²) in [4.78, 5) is 0. The van der Waals surface area contributed by atoms with Crippen LogP contribution >= 0.6 is 0 Å². The van der Waals surface area contributed by atoms with E-state index in [1.54, 1.807) is 33.6 Å². The molecule has 0 aromatic heterocycles. The molecule has 0 heterocycles. The Balaban J connectivity index is -0.000000177. The van der Waals surface area contributed by atoms with Gasteiger partial charge >= 0.3 is 0 Å². The molecule has 2 fully saturated rings. The molecule has 0 amide bonds. The van der Waals surface area contributed by atoms with Crippen LogP contribution in [0.15, 0.2) is 0 Å². The van der Waals surface area contributed by atoms with E-state index in [-0.39, 0.29) is 169 Å². The molecule has 4 nitrogen and oxygen atoms in total. The second-order valence-electron chi connectivity index (χ2n) is 10.0. The van der Waals surface area contributed by atoms with Gasteiger partial charge in [-0.3, -0.25) is 17.1 Å². The number of rotatable bonds is 6. The quantitative estimate of drug-likeness (QED) is 0.213. The van der Waals surface area contributed by atoms with Gasteiger partial charge in [-0.15, -0.1) is 0 Å². The molecule has 33 heavy (non-hydrogen) atoms. The molecule has 0 aromatic rings. The van der Waals surface area contributed by atoms with Gasteiger partial charge in [0.15, 0.2) is 0 Å². The minimum absolute atomic E-state index is 0. The minimum Gasteiger partial charge on any atom is -0.448 e. The topological polar surface area (TPSA) is 46.3 Å². The Labute approximate surface area is 332 Å². The molecule has 2 rings (SSSR count). The van der Waals surface area contributed by atoms with E-state index in [1.165, 1.54) is 56.4 Å². The maximum absolute atomic E-state index is 12.2. The fraction of sp³-hybridized carbons (Fsp3) is 0.792. The van der Waals surface area contributed by atoms with Gasteiger partial charge in [0, 0.05) is 164 Å². The van der Waals surface area contributed by atoms with Crippen molar-refractivity contribution in [1.82, 2.24) is 10.1 Å². The van der Waals surface area contributed by atoms with Gasteiger partial charge in [-0.1, -0.05) is 25.7 Å². The molecule has 2 saturated carbocycles. The Hall–Kier alpha value is 5.36. The van der Waals surface area contributed by atoms with Crippen molar-refractivity contribution in [2.75, 3.05) is 0 Å².